The first kappa shape index (κ1) is 35.4. The second kappa shape index (κ2) is 27.9. The van der Waals surface area contributed by atoms with Crippen LogP contribution < -0.4 is 4.52 Å². The highest BCUT2D eigenvalue weighted by Gasteiger charge is 2.16. The van der Waals surface area contributed by atoms with E-state index in [-0.39, 0.29) is 0 Å². The maximum Gasteiger partial charge on any atom is 0.397 e. The van der Waals surface area contributed by atoms with Crippen LogP contribution in [0.5, 0.6) is 5.75 Å². The fourth-order valence-corrected chi connectivity index (χ4v) is 5.87. The molecule has 0 aliphatic heterocycles. The van der Waals surface area contributed by atoms with Crippen molar-refractivity contribution < 1.29 is 13.6 Å². The summed E-state index contributed by atoms with van der Waals surface area (Å²) in [7, 11) is -1.34. The van der Waals surface area contributed by atoms with Gasteiger partial charge in [-0.1, -0.05) is 161 Å². The zero-order chi connectivity index (χ0) is 27.4. The number of benzene rings is 1. The second-order valence-corrected chi connectivity index (χ2v) is 12.2. The molecule has 4 heteroatoms. The van der Waals surface area contributed by atoms with Crippen LogP contribution in [0.1, 0.15) is 168 Å². The van der Waals surface area contributed by atoms with Gasteiger partial charge in [-0.05, 0) is 37.3 Å². The van der Waals surface area contributed by atoms with E-state index >= 15 is 0 Å². The van der Waals surface area contributed by atoms with Crippen LogP contribution in [0.4, 0.5) is 0 Å². The Hall–Kier alpha value is -0.630. The van der Waals surface area contributed by atoms with Crippen molar-refractivity contribution in [2.24, 2.45) is 0 Å². The van der Waals surface area contributed by atoms with E-state index in [9.17, 15) is 0 Å². The molecule has 0 amide bonds. The molecular weight excluding hydrogens is 487 g/mol. The van der Waals surface area contributed by atoms with Gasteiger partial charge >= 0.3 is 8.60 Å². The predicted octanol–water partition coefficient (Wildman–Crippen LogP) is 12.5. The molecule has 0 unspecified atom stereocenters. The maximum atomic E-state index is 6.35. The number of hydrogen-bond acceptors (Lipinski definition) is 3. The van der Waals surface area contributed by atoms with Crippen molar-refractivity contribution in [3.63, 3.8) is 0 Å². The molecule has 0 N–H and O–H groups in total. The molecule has 0 aromatic heterocycles. The lowest BCUT2D eigenvalue weighted by Crippen LogP contribution is -2.02. The van der Waals surface area contributed by atoms with Gasteiger partial charge in [0.25, 0.3) is 0 Å². The van der Waals surface area contributed by atoms with Crippen molar-refractivity contribution in [2.45, 2.75) is 168 Å². The summed E-state index contributed by atoms with van der Waals surface area (Å²) in [5.74, 6) is 0.943. The first-order chi connectivity index (χ1) is 18.8. The first-order valence-corrected chi connectivity index (χ1v) is 17.7. The third kappa shape index (κ3) is 21.2. The molecular formula is C34H63O3P. The van der Waals surface area contributed by atoms with Gasteiger partial charge in [0.05, 0.1) is 13.2 Å². The standard InChI is InChI=1S/C34H63O3P/c1-4-7-10-12-14-16-18-20-22-26-31-35-38(37-34-30-25-24-29-33(34)28-9-6-3)36-32-27-23-21-19-17-15-13-11-8-5-2/h24-25,29-30H,4-23,26-28,31-32H2,1-3H3. The third-order valence-electron chi connectivity index (χ3n) is 7.33. The number of unbranched alkanes of at least 4 members (excludes halogenated alkanes) is 19. The molecule has 1 rings (SSSR count). The molecule has 1 aromatic rings. The van der Waals surface area contributed by atoms with Gasteiger partial charge in [0.2, 0.25) is 0 Å². The Morgan fingerprint density at radius 1 is 0.474 bits per heavy atom. The highest BCUT2D eigenvalue weighted by atomic mass is 31.2. The molecule has 222 valence electrons. The summed E-state index contributed by atoms with van der Waals surface area (Å²) < 4.78 is 18.7. The molecule has 3 nitrogen and oxygen atoms in total. The number of aryl methyl sites for hydroxylation is 1. The normalized spacial score (nSPS) is 11.5. The van der Waals surface area contributed by atoms with Gasteiger partial charge in [0.1, 0.15) is 5.75 Å². The topological polar surface area (TPSA) is 27.7 Å². The molecule has 38 heavy (non-hydrogen) atoms. The summed E-state index contributed by atoms with van der Waals surface area (Å²) in [6.07, 6.45) is 30.1. The van der Waals surface area contributed by atoms with Crippen LogP contribution in [0.15, 0.2) is 24.3 Å². The lowest BCUT2D eigenvalue weighted by Gasteiger charge is -2.19. The number of para-hydroxylation sites is 1. The minimum Gasteiger partial charge on any atom is -0.426 e. The Morgan fingerprint density at radius 3 is 1.32 bits per heavy atom. The minimum atomic E-state index is -1.34. The highest BCUT2D eigenvalue weighted by Crippen LogP contribution is 2.42. The zero-order valence-corrected chi connectivity index (χ0v) is 26.6. The van der Waals surface area contributed by atoms with Crippen LogP contribution >= 0.6 is 8.60 Å². The fourth-order valence-electron chi connectivity index (χ4n) is 4.79. The quantitative estimate of drug-likeness (QED) is 0.0733. The first-order valence-electron chi connectivity index (χ1n) is 16.6. The van der Waals surface area contributed by atoms with E-state index in [0.717, 1.165) is 38.2 Å². The Labute approximate surface area is 239 Å². The maximum absolute atomic E-state index is 6.35. The Bertz CT molecular complexity index is 583. The van der Waals surface area contributed by atoms with E-state index in [2.05, 4.69) is 45.0 Å². The Kier molecular flexibility index (Phi) is 26.0. The van der Waals surface area contributed by atoms with E-state index in [0.29, 0.717) is 0 Å². The molecule has 0 saturated carbocycles. The molecule has 0 atom stereocenters. The monoisotopic (exact) mass is 550 g/mol. The summed E-state index contributed by atoms with van der Waals surface area (Å²) in [6.45, 7) is 8.27. The zero-order valence-electron chi connectivity index (χ0n) is 25.7. The predicted molar refractivity (Wildman–Crippen MR) is 168 cm³/mol. The molecule has 0 spiro atoms. The summed E-state index contributed by atoms with van der Waals surface area (Å²) >= 11 is 0. The van der Waals surface area contributed by atoms with Crippen molar-refractivity contribution in [1.82, 2.24) is 0 Å². The van der Waals surface area contributed by atoms with E-state index in [1.165, 1.54) is 134 Å². The molecule has 0 saturated heterocycles. The van der Waals surface area contributed by atoms with Gasteiger partial charge in [0.15, 0.2) is 0 Å². The molecule has 0 aliphatic rings. The van der Waals surface area contributed by atoms with Gasteiger partial charge in [0, 0.05) is 0 Å². The van der Waals surface area contributed by atoms with E-state index < -0.39 is 8.60 Å². The lowest BCUT2D eigenvalue weighted by atomic mass is 10.1. The van der Waals surface area contributed by atoms with Crippen LogP contribution in [-0.4, -0.2) is 13.2 Å². The number of rotatable bonds is 29. The molecule has 0 fully saturated rings. The van der Waals surface area contributed by atoms with Gasteiger partial charge in [-0.15, -0.1) is 0 Å². The van der Waals surface area contributed by atoms with Crippen LogP contribution in [0.3, 0.4) is 0 Å². The summed E-state index contributed by atoms with van der Waals surface area (Å²) in [5.41, 5.74) is 1.27. The summed E-state index contributed by atoms with van der Waals surface area (Å²) in [6, 6.07) is 8.43. The Morgan fingerprint density at radius 2 is 0.868 bits per heavy atom. The molecule has 1 aromatic carbocycles. The van der Waals surface area contributed by atoms with E-state index in [4.69, 9.17) is 13.6 Å². The number of hydrogen-bond donors (Lipinski definition) is 0. The van der Waals surface area contributed by atoms with E-state index in [1.807, 2.05) is 0 Å². The Balaban J connectivity index is 2.30. The SMILES string of the molecule is CCCCCCCCCCCCOP(OCCCCCCCCCCCC)Oc1ccccc1CCCC. The van der Waals surface area contributed by atoms with Crippen molar-refractivity contribution in [3.05, 3.63) is 29.8 Å². The lowest BCUT2D eigenvalue weighted by molar-refractivity contribution is 0.198. The largest absolute Gasteiger partial charge is 0.426 e. The highest BCUT2D eigenvalue weighted by molar-refractivity contribution is 7.42. The molecule has 0 aliphatic carbocycles. The minimum absolute atomic E-state index is 0.733. The summed E-state index contributed by atoms with van der Waals surface area (Å²) in [5, 5.41) is 0. The van der Waals surface area contributed by atoms with Crippen LogP contribution in [0.25, 0.3) is 0 Å². The molecule has 0 bridgehead atoms. The molecule has 0 heterocycles. The fraction of sp³-hybridized carbons (Fsp3) is 0.824. The van der Waals surface area contributed by atoms with Gasteiger partial charge in [-0.2, -0.15) is 0 Å². The smallest absolute Gasteiger partial charge is 0.397 e. The average Bonchev–Trinajstić information content (AvgIpc) is 2.94. The van der Waals surface area contributed by atoms with Crippen LogP contribution in [0, 0.1) is 0 Å². The van der Waals surface area contributed by atoms with Gasteiger partial charge in [-0.25, -0.2) is 0 Å². The van der Waals surface area contributed by atoms with Crippen molar-refractivity contribution in [1.29, 1.82) is 0 Å². The second-order valence-electron chi connectivity index (χ2n) is 11.1. The average molecular weight is 551 g/mol. The van der Waals surface area contributed by atoms with Crippen molar-refractivity contribution >= 4 is 8.60 Å². The summed E-state index contributed by atoms with van der Waals surface area (Å²) in [4.78, 5) is 0. The van der Waals surface area contributed by atoms with Crippen LogP contribution in [0.2, 0.25) is 0 Å². The van der Waals surface area contributed by atoms with Crippen LogP contribution in [-0.2, 0) is 15.5 Å². The van der Waals surface area contributed by atoms with Gasteiger partial charge < -0.3 is 13.6 Å². The van der Waals surface area contributed by atoms with Crippen molar-refractivity contribution in [3.8, 4) is 5.75 Å². The van der Waals surface area contributed by atoms with Gasteiger partial charge in [-0.3, -0.25) is 0 Å². The third-order valence-corrected chi connectivity index (χ3v) is 8.47. The molecule has 0 radical (unpaired) electrons. The van der Waals surface area contributed by atoms with Crippen molar-refractivity contribution in [2.75, 3.05) is 13.2 Å². The van der Waals surface area contributed by atoms with E-state index in [1.54, 1.807) is 0 Å².